The Morgan fingerprint density at radius 2 is 1.79 bits per heavy atom. The molecule has 1 aromatic carbocycles. The monoisotopic (exact) mass is 420 g/mol. The molecule has 0 atom stereocenters. The molecule has 0 N–H and O–H groups in total. The Morgan fingerprint density at radius 3 is 2.34 bits per heavy atom. The Morgan fingerprint density at radius 1 is 1.14 bits per heavy atom. The fourth-order valence-corrected chi connectivity index (χ4v) is 2.45. The average Bonchev–Trinajstić information content (AvgIpc) is 3.04. The first kappa shape index (κ1) is 22.1. The van der Waals surface area contributed by atoms with Crippen LogP contribution in [-0.2, 0) is 28.9 Å². The van der Waals surface area contributed by atoms with Crippen molar-refractivity contribution in [3.8, 4) is 0 Å². The van der Waals surface area contributed by atoms with Gasteiger partial charge in [0, 0.05) is 12.6 Å². The number of alkyl halides is 6. The summed E-state index contributed by atoms with van der Waals surface area (Å²) in [6, 6.07) is 5.05. The number of carbonyl (C=O) groups is 1. The van der Waals surface area contributed by atoms with Crippen LogP contribution in [0.15, 0.2) is 34.7 Å². The van der Waals surface area contributed by atoms with Crippen LogP contribution in [0.25, 0.3) is 4.85 Å². The fraction of sp³-hybridized carbons (Fsp3) is 0.333. The van der Waals surface area contributed by atoms with E-state index in [0.717, 1.165) is 12.1 Å². The van der Waals surface area contributed by atoms with E-state index in [1.54, 1.807) is 0 Å². The van der Waals surface area contributed by atoms with Crippen molar-refractivity contribution in [1.82, 2.24) is 0 Å². The molecule has 0 aliphatic carbocycles. The second kappa shape index (κ2) is 8.46. The number of hydrogen-bond acceptors (Lipinski definition) is 4. The van der Waals surface area contributed by atoms with Crippen molar-refractivity contribution in [3.63, 3.8) is 0 Å². The molecule has 0 radical (unpaired) electrons. The number of nitrogens with zero attached hydrogens (tertiary/aromatic N) is 2. The van der Waals surface area contributed by atoms with E-state index in [0.29, 0.717) is 11.0 Å². The molecule has 0 fully saturated rings. The van der Waals surface area contributed by atoms with Crippen molar-refractivity contribution in [2.45, 2.75) is 32.4 Å². The van der Waals surface area contributed by atoms with Crippen LogP contribution in [-0.4, -0.2) is 18.7 Å². The minimum atomic E-state index is -4.90. The maximum atomic E-state index is 13.2. The van der Waals surface area contributed by atoms with Gasteiger partial charge in [0.05, 0.1) is 18.7 Å². The van der Waals surface area contributed by atoms with Gasteiger partial charge in [-0.2, -0.15) is 26.3 Å². The summed E-state index contributed by atoms with van der Waals surface area (Å²) in [4.78, 5) is 14.2. The van der Waals surface area contributed by atoms with Gasteiger partial charge in [0.25, 0.3) is 0 Å². The van der Waals surface area contributed by atoms with E-state index in [1.807, 2.05) is 0 Å². The fourth-order valence-electron chi connectivity index (χ4n) is 2.45. The molecule has 0 unspecified atom stereocenters. The quantitative estimate of drug-likeness (QED) is 0.353. The molecule has 29 heavy (non-hydrogen) atoms. The van der Waals surface area contributed by atoms with Gasteiger partial charge < -0.3 is 14.1 Å². The third kappa shape index (κ3) is 6.44. The highest BCUT2D eigenvalue weighted by Crippen LogP contribution is 2.39. The van der Waals surface area contributed by atoms with Crippen LogP contribution in [0.5, 0.6) is 0 Å². The molecule has 0 aliphatic rings. The summed E-state index contributed by atoms with van der Waals surface area (Å²) in [5.41, 5.74) is -2.41. The van der Waals surface area contributed by atoms with Crippen molar-refractivity contribution in [1.29, 1.82) is 0 Å². The summed E-state index contributed by atoms with van der Waals surface area (Å²) in [5.74, 6) is -0.387. The smallest absolute Gasteiger partial charge is 0.407 e. The van der Waals surface area contributed by atoms with Crippen LogP contribution < -0.4 is 4.90 Å². The Bertz CT molecular complexity index is 912. The summed E-state index contributed by atoms with van der Waals surface area (Å²) in [6.45, 7) is 5.72. The zero-order chi connectivity index (χ0) is 21.8. The van der Waals surface area contributed by atoms with E-state index in [2.05, 4.69) is 4.85 Å². The van der Waals surface area contributed by atoms with E-state index in [4.69, 9.17) is 15.7 Å². The van der Waals surface area contributed by atoms with Gasteiger partial charge in [-0.25, -0.2) is 4.85 Å². The van der Waals surface area contributed by atoms with E-state index in [-0.39, 0.29) is 23.8 Å². The SMILES string of the molecule is [C-]#[N+]c1ccc(N(Cc2ccc(COC(C)=O)o2)CC(F)(F)F)cc1C(F)(F)F. The Kier molecular flexibility index (Phi) is 6.46. The second-order valence-electron chi connectivity index (χ2n) is 5.93. The van der Waals surface area contributed by atoms with E-state index in [9.17, 15) is 31.1 Å². The third-order valence-corrected chi connectivity index (χ3v) is 3.62. The maximum Gasteiger partial charge on any atom is 0.407 e. The van der Waals surface area contributed by atoms with Crippen LogP contribution in [0.1, 0.15) is 24.0 Å². The van der Waals surface area contributed by atoms with Gasteiger partial charge in [-0.05, 0) is 24.3 Å². The zero-order valence-electron chi connectivity index (χ0n) is 14.9. The topological polar surface area (TPSA) is 47.0 Å². The highest BCUT2D eigenvalue weighted by molar-refractivity contribution is 5.65. The predicted molar refractivity (Wildman–Crippen MR) is 89.0 cm³/mol. The van der Waals surface area contributed by atoms with Gasteiger partial charge in [0.1, 0.15) is 24.7 Å². The van der Waals surface area contributed by atoms with Crippen LogP contribution in [0.3, 0.4) is 0 Å². The Hall–Kier alpha value is -3.16. The molecule has 0 saturated carbocycles. The largest absolute Gasteiger partial charge is 0.461 e. The van der Waals surface area contributed by atoms with Crippen molar-refractivity contribution in [3.05, 3.63) is 58.8 Å². The standard InChI is InChI=1S/C18H14F6N2O3/c1-11(27)28-9-14-5-4-13(29-14)8-26(10-17(19,20)21)12-3-6-16(25-2)15(7-12)18(22,23)24/h3-7H,8-10H2,1H3. The Labute approximate surface area is 161 Å². The molecule has 5 nitrogen and oxygen atoms in total. The molecule has 0 spiro atoms. The number of anilines is 1. The average molecular weight is 420 g/mol. The van der Waals surface area contributed by atoms with Gasteiger partial charge >= 0.3 is 18.3 Å². The summed E-state index contributed by atoms with van der Waals surface area (Å²) in [6.07, 6.45) is -9.61. The second-order valence-corrected chi connectivity index (χ2v) is 5.93. The molecule has 0 aliphatic heterocycles. The number of halogens is 6. The Balaban J connectivity index is 2.34. The lowest BCUT2D eigenvalue weighted by molar-refractivity contribution is -0.142. The van der Waals surface area contributed by atoms with Gasteiger partial charge in [-0.1, -0.05) is 6.07 Å². The van der Waals surface area contributed by atoms with E-state index >= 15 is 0 Å². The third-order valence-electron chi connectivity index (χ3n) is 3.62. The zero-order valence-corrected chi connectivity index (χ0v) is 14.9. The summed E-state index contributed by atoms with van der Waals surface area (Å²) in [5, 5.41) is 0. The van der Waals surface area contributed by atoms with Crippen molar-refractivity contribution >= 4 is 17.3 Å². The molecule has 0 amide bonds. The number of esters is 1. The first-order valence-electron chi connectivity index (χ1n) is 8.00. The minimum absolute atomic E-state index is 0.0271. The number of ether oxygens (including phenoxy) is 1. The lowest BCUT2D eigenvalue weighted by Gasteiger charge is -2.26. The van der Waals surface area contributed by atoms with Crippen LogP contribution in [0, 0.1) is 6.57 Å². The number of rotatable bonds is 6. The first-order valence-corrected chi connectivity index (χ1v) is 8.00. The highest BCUT2D eigenvalue weighted by atomic mass is 19.4. The van der Waals surface area contributed by atoms with Gasteiger partial charge in [-0.3, -0.25) is 4.79 Å². The number of benzene rings is 1. The molecule has 2 rings (SSSR count). The van der Waals surface area contributed by atoms with Crippen molar-refractivity contribution < 1.29 is 40.3 Å². The number of hydrogen-bond donors (Lipinski definition) is 0. The molecular formula is C18H14F6N2O3. The molecule has 1 heterocycles. The highest BCUT2D eigenvalue weighted by Gasteiger charge is 2.36. The van der Waals surface area contributed by atoms with Crippen LogP contribution in [0.2, 0.25) is 0 Å². The lowest BCUT2D eigenvalue weighted by atomic mass is 10.1. The predicted octanol–water partition coefficient (Wildman–Crippen LogP) is 5.48. The number of furan rings is 1. The van der Waals surface area contributed by atoms with Crippen molar-refractivity contribution in [2.75, 3.05) is 11.4 Å². The summed E-state index contributed by atoms with van der Waals surface area (Å²) in [7, 11) is 0. The van der Waals surface area contributed by atoms with Crippen molar-refractivity contribution in [2.24, 2.45) is 0 Å². The molecule has 0 saturated heterocycles. The molecule has 11 heteroatoms. The lowest BCUT2D eigenvalue weighted by Crippen LogP contribution is -2.33. The number of carbonyl (C=O) groups excluding carboxylic acids is 1. The van der Waals surface area contributed by atoms with E-state index < -0.39 is 42.7 Å². The first-order chi connectivity index (χ1) is 13.4. The molecule has 0 bridgehead atoms. The molecular weight excluding hydrogens is 406 g/mol. The maximum absolute atomic E-state index is 13.2. The summed E-state index contributed by atoms with van der Waals surface area (Å²) < 4.78 is 88.4. The van der Waals surface area contributed by atoms with Crippen LogP contribution >= 0.6 is 0 Å². The molecule has 2 aromatic rings. The van der Waals surface area contributed by atoms with Gasteiger partial charge in [0.15, 0.2) is 5.69 Å². The normalized spacial score (nSPS) is 11.8. The summed E-state index contributed by atoms with van der Waals surface area (Å²) >= 11 is 0. The van der Waals surface area contributed by atoms with Crippen LogP contribution in [0.4, 0.5) is 37.7 Å². The molecule has 1 aromatic heterocycles. The van der Waals surface area contributed by atoms with Gasteiger partial charge in [-0.15, -0.1) is 0 Å². The van der Waals surface area contributed by atoms with E-state index in [1.165, 1.54) is 19.1 Å². The molecule has 156 valence electrons. The van der Waals surface area contributed by atoms with Gasteiger partial charge in [0.2, 0.25) is 0 Å². The minimum Gasteiger partial charge on any atom is -0.461 e.